The van der Waals surface area contributed by atoms with Gasteiger partial charge in [-0.05, 0) is 48.7 Å². The first-order chi connectivity index (χ1) is 19.9. The average Bonchev–Trinajstić information content (AvgIpc) is 2.99. The third-order valence-electron chi connectivity index (χ3n) is 7.37. The Balaban J connectivity index is 0.00000353. The van der Waals surface area contributed by atoms with Gasteiger partial charge in [0.2, 0.25) is 0 Å². The number of piperidine rings is 1. The van der Waals surface area contributed by atoms with E-state index in [-0.39, 0.29) is 42.4 Å². The number of aromatic nitrogens is 3. The van der Waals surface area contributed by atoms with E-state index in [1.54, 1.807) is 42.5 Å². The van der Waals surface area contributed by atoms with Gasteiger partial charge in [-0.25, -0.2) is 19.3 Å². The summed E-state index contributed by atoms with van der Waals surface area (Å²) in [5.74, 6) is 1.64. The second-order valence-corrected chi connectivity index (χ2v) is 10.1. The van der Waals surface area contributed by atoms with Gasteiger partial charge in [-0.15, -0.1) is 12.4 Å². The van der Waals surface area contributed by atoms with Gasteiger partial charge in [-0.1, -0.05) is 12.1 Å². The van der Waals surface area contributed by atoms with Crippen LogP contribution in [0.5, 0.6) is 11.5 Å². The van der Waals surface area contributed by atoms with Gasteiger partial charge >= 0.3 is 0 Å². The first kappa shape index (κ1) is 29.0. The number of anilines is 4. The predicted octanol–water partition coefficient (Wildman–Crippen LogP) is 4.80. The number of methoxy groups -OCH3 is 1. The normalized spacial score (nSPS) is 16.3. The summed E-state index contributed by atoms with van der Waals surface area (Å²) in [6.45, 7) is 1.56. The van der Waals surface area contributed by atoms with Crippen LogP contribution in [0.2, 0.25) is 0 Å². The van der Waals surface area contributed by atoms with Crippen LogP contribution in [0.4, 0.5) is 27.4 Å². The van der Waals surface area contributed by atoms with Crippen molar-refractivity contribution < 1.29 is 18.7 Å². The molecule has 0 spiro atoms. The Hall–Kier alpha value is -4.48. The lowest BCUT2D eigenvalue weighted by atomic mass is 10.0. The lowest BCUT2D eigenvalue weighted by Gasteiger charge is -2.34. The third kappa shape index (κ3) is 5.65. The molecule has 1 atom stereocenters. The number of rotatable bonds is 6. The number of carbonyl (C=O) groups excluding carboxylic acids is 1. The van der Waals surface area contributed by atoms with Crippen molar-refractivity contribution in [3.63, 3.8) is 0 Å². The maximum atomic E-state index is 14.7. The highest BCUT2D eigenvalue weighted by Gasteiger charge is 2.25. The molecule has 10 nitrogen and oxygen atoms in total. The molecule has 2 aromatic heterocycles. The summed E-state index contributed by atoms with van der Waals surface area (Å²) in [4.78, 5) is 29.4. The number of nitrogens with zero attached hydrogens (tertiary/aromatic N) is 5. The van der Waals surface area contributed by atoms with Crippen LogP contribution in [0, 0.1) is 5.82 Å². The maximum Gasteiger partial charge on any atom is 0.264 e. The Bertz CT molecular complexity index is 1620. The van der Waals surface area contributed by atoms with Crippen LogP contribution in [0.3, 0.4) is 0 Å². The zero-order valence-electron chi connectivity index (χ0n) is 23.2. The van der Waals surface area contributed by atoms with Crippen molar-refractivity contribution in [2.45, 2.75) is 18.9 Å². The van der Waals surface area contributed by atoms with Crippen LogP contribution in [0.25, 0.3) is 22.5 Å². The minimum Gasteiger partial charge on any atom is -0.496 e. The molecule has 218 valence electrons. The van der Waals surface area contributed by atoms with Crippen molar-refractivity contribution in [1.29, 1.82) is 0 Å². The number of fused-ring (bicyclic) bond motifs is 1. The molecule has 0 saturated carbocycles. The Morgan fingerprint density at radius 1 is 1.12 bits per heavy atom. The molecule has 6 rings (SSSR count). The Labute approximate surface area is 249 Å². The lowest BCUT2D eigenvalue weighted by Crippen LogP contribution is -2.43. The Morgan fingerprint density at radius 2 is 1.98 bits per heavy atom. The minimum absolute atomic E-state index is 0. The molecular weight excluding hydrogens is 561 g/mol. The first-order valence-electron chi connectivity index (χ1n) is 13.4. The summed E-state index contributed by atoms with van der Waals surface area (Å²) in [6.07, 6.45) is 5.31. The van der Waals surface area contributed by atoms with E-state index in [9.17, 15) is 9.18 Å². The molecule has 1 amide bonds. The highest BCUT2D eigenvalue weighted by molar-refractivity contribution is 5.98. The average molecular weight is 592 g/mol. The Kier molecular flexibility index (Phi) is 8.41. The van der Waals surface area contributed by atoms with Crippen LogP contribution in [0.1, 0.15) is 12.8 Å². The molecule has 3 N–H and O–H groups in total. The van der Waals surface area contributed by atoms with Gasteiger partial charge in [0.25, 0.3) is 5.91 Å². The second kappa shape index (κ2) is 12.2. The molecule has 4 aromatic rings. The quantitative estimate of drug-likeness (QED) is 0.326. The molecule has 2 aromatic carbocycles. The number of hydrogen-bond donors (Lipinski definition) is 2. The van der Waals surface area contributed by atoms with Crippen molar-refractivity contribution in [2.24, 2.45) is 5.73 Å². The fourth-order valence-electron chi connectivity index (χ4n) is 5.24. The molecule has 0 bridgehead atoms. The van der Waals surface area contributed by atoms with Crippen LogP contribution >= 0.6 is 12.4 Å². The smallest absolute Gasteiger partial charge is 0.264 e. The van der Waals surface area contributed by atoms with Crippen LogP contribution < -0.4 is 30.3 Å². The zero-order valence-corrected chi connectivity index (χ0v) is 24.0. The van der Waals surface area contributed by atoms with E-state index in [0.29, 0.717) is 29.7 Å². The van der Waals surface area contributed by atoms with E-state index in [1.165, 1.54) is 13.2 Å². The predicted molar refractivity (Wildman–Crippen MR) is 163 cm³/mol. The number of hydrogen-bond acceptors (Lipinski definition) is 9. The number of carbonyl (C=O) groups is 1. The van der Waals surface area contributed by atoms with Gasteiger partial charge in [0.15, 0.2) is 12.4 Å². The van der Waals surface area contributed by atoms with Crippen LogP contribution in [0.15, 0.2) is 60.9 Å². The topological polar surface area (TPSA) is 119 Å². The van der Waals surface area contributed by atoms with Gasteiger partial charge < -0.3 is 30.3 Å². The highest BCUT2D eigenvalue weighted by Crippen LogP contribution is 2.40. The molecule has 12 heteroatoms. The molecule has 0 radical (unpaired) electrons. The molecular formula is C30H31ClFN7O3. The van der Waals surface area contributed by atoms with Crippen molar-refractivity contribution in [1.82, 2.24) is 15.0 Å². The highest BCUT2D eigenvalue weighted by atomic mass is 35.5. The van der Waals surface area contributed by atoms with Gasteiger partial charge in [-0.2, -0.15) is 0 Å². The standard InChI is InChI=1S/C30H30FN7O3.ClH/c1-37-22-9-8-18(13-25(22)41-17-28(37)39)20-15-34-27(14-23(20)38-12-4-5-19(32)16-38)35-26-10-11-33-30(36-26)29-21(31)6-3-7-24(29)40-2;/h3,6-11,13-15,19H,4-5,12,16-17,32H2,1-2H3,(H,33,34,35,36);1H/t19-;/m0./s1. The zero-order chi connectivity index (χ0) is 28.5. The summed E-state index contributed by atoms with van der Waals surface area (Å²) < 4.78 is 25.8. The van der Waals surface area contributed by atoms with Crippen molar-refractivity contribution >= 4 is 41.3 Å². The molecule has 1 fully saturated rings. The van der Waals surface area contributed by atoms with Crippen LogP contribution in [-0.4, -0.2) is 60.8 Å². The van der Waals surface area contributed by atoms with Crippen molar-refractivity contribution in [3.05, 3.63) is 66.7 Å². The molecule has 2 aliphatic rings. The summed E-state index contributed by atoms with van der Waals surface area (Å²) in [5, 5.41) is 3.25. The maximum absolute atomic E-state index is 14.7. The van der Waals surface area contributed by atoms with Crippen molar-refractivity contribution in [2.75, 3.05) is 49.0 Å². The number of nitrogens with two attached hydrogens (primary N) is 1. The SMILES string of the molecule is COc1cccc(F)c1-c1nccc(Nc2cc(N3CCC[C@H](N)C3)c(-c3ccc4c(c3)OCC(=O)N4C)cn2)n1.Cl. The number of amides is 1. The van der Waals surface area contributed by atoms with Gasteiger partial charge in [-0.3, -0.25) is 4.79 Å². The second-order valence-electron chi connectivity index (χ2n) is 10.1. The monoisotopic (exact) mass is 591 g/mol. The number of likely N-dealkylation sites (N-methyl/N-ethyl adjacent to an activating group) is 1. The summed E-state index contributed by atoms with van der Waals surface area (Å²) in [7, 11) is 3.22. The van der Waals surface area contributed by atoms with Crippen molar-refractivity contribution in [3.8, 4) is 34.0 Å². The lowest BCUT2D eigenvalue weighted by molar-refractivity contribution is -0.120. The molecule has 1 saturated heterocycles. The minimum atomic E-state index is -0.475. The summed E-state index contributed by atoms with van der Waals surface area (Å²) in [5.41, 5.74) is 10.1. The fraction of sp³-hybridized carbons (Fsp3) is 0.267. The molecule has 0 unspecified atom stereocenters. The molecule has 4 heterocycles. The molecule has 42 heavy (non-hydrogen) atoms. The summed E-state index contributed by atoms with van der Waals surface area (Å²) in [6, 6.07) is 14.1. The largest absolute Gasteiger partial charge is 0.496 e. The number of benzene rings is 2. The van der Waals surface area contributed by atoms with E-state index in [4.69, 9.17) is 15.2 Å². The van der Waals surface area contributed by atoms with Gasteiger partial charge in [0, 0.05) is 55.9 Å². The summed E-state index contributed by atoms with van der Waals surface area (Å²) >= 11 is 0. The van der Waals surface area contributed by atoms with Gasteiger partial charge in [0.1, 0.15) is 29.0 Å². The van der Waals surface area contributed by atoms with E-state index < -0.39 is 5.82 Å². The fourth-order valence-corrected chi connectivity index (χ4v) is 5.24. The first-order valence-corrected chi connectivity index (χ1v) is 13.4. The number of halogens is 2. The molecule has 2 aliphatic heterocycles. The van der Waals surface area contributed by atoms with Gasteiger partial charge in [0.05, 0.1) is 18.4 Å². The third-order valence-corrected chi connectivity index (χ3v) is 7.37. The van der Waals surface area contributed by atoms with E-state index >= 15 is 0 Å². The number of nitrogens with one attached hydrogen (secondary N) is 1. The van der Waals surface area contributed by atoms with Crippen LogP contribution in [-0.2, 0) is 4.79 Å². The van der Waals surface area contributed by atoms with E-state index in [2.05, 4.69) is 25.2 Å². The van der Waals surface area contributed by atoms with E-state index in [0.717, 1.165) is 41.9 Å². The number of ether oxygens (including phenoxy) is 2. The Morgan fingerprint density at radius 3 is 2.79 bits per heavy atom. The molecule has 0 aliphatic carbocycles. The van der Waals surface area contributed by atoms with E-state index in [1.807, 2.05) is 24.3 Å². The number of pyridine rings is 1.